The van der Waals surface area contributed by atoms with Crippen LogP contribution in [0.15, 0.2) is 48.3 Å². The average molecular weight is 442 g/mol. The zero-order valence-corrected chi connectivity index (χ0v) is 18.6. The highest BCUT2D eigenvalue weighted by molar-refractivity contribution is 6.34. The second-order valence-corrected chi connectivity index (χ2v) is 8.30. The van der Waals surface area contributed by atoms with Gasteiger partial charge in [-0.05, 0) is 24.4 Å². The van der Waals surface area contributed by atoms with Crippen LogP contribution in [0.25, 0.3) is 16.6 Å². The van der Waals surface area contributed by atoms with E-state index in [4.69, 9.17) is 17.3 Å². The van der Waals surface area contributed by atoms with Crippen molar-refractivity contribution in [1.82, 2.24) is 15.3 Å². The third kappa shape index (κ3) is 3.10. The molecule has 3 aromatic rings. The number of benzene rings is 2. The van der Waals surface area contributed by atoms with Gasteiger partial charge in [-0.1, -0.05) is 12.1 Å². The van der Waals surface area contributed by atoms with Gasteiger partial charge in [0.05, 0.1) is 38.8 Å². The molecule has 1 spiro atoms. The number of hydrogen-bond donors (Lipinski definition) is 2. The summed E-state index contributed by atoms with van der Waals surface area (Å²) in [6.07, 6.45) is 0.195. The molecule has 166 valence electrons. The number of ketones is 2. The van der Waals surface area contributed by atoms with Gasteiger partial charge in [0, 0.05) is 31.7 Å². The quantitative estimate of drug-likeness (QED) is 0.587. The number of H-pyrrole nitrogens is 1. The zero-order chi connectivity index (χ0) is 23.3. The van der Waals surface area contributed by atoms with Crippen LogP contribution in [0.2, 0.25) is 5.82 Å². The van der Waals surface area contributed by atoms with E-state index in [0.29, 0.717) is 34.4 Å². The third-order valence-electron chi connectivity index (χ3n) is 6.43. The number of fused-ring (bicyclic) bond motifs is 1. The molecule has 1 aliphatic heterocycles. The molecule has 2 N–H and O–H groups in total. The molecule has 8 nitrogen and oxygen atoms in total. The predicted octanol–water partition coefficient (Wildman–Crippen LogP) is 2.62. The number of nitrogens with zero attached hydrogens (tertiary/aromatic N) is 2. The maximum absolute atomic E-state index is 14.1. The normalized spacial score (nSPS) is 22.6. The maximum Gasteiger partial charge on any atom is 0.196 e. The number of carbonyl (C=O) groups is 2. The minimum absolute atomic E-state index is 0.00142. The van der Waals surface area contributed by atoms with Crippen LogP contribution < -0.4 is 19.7 Å². The molecule has 1 fully saturated rings. The number of Topliss-reactive ketones (excluding diaryl/α,β-unsaturated/α-hetero) is 2. The number of nitrogens with one attached hydrogen (secondary N) is 2. The van der Waals surface area contributed by atoms with Gasteiger partial charge < -0.3 is 29.5 Å². The lowest BCUT2D eigenvalue weighted by atomic mass is 9.81. The second-order valence-electron chi connectivity index (χ2n) is 8.30. The Kier molecular flexibility index (Phi) is 4.92. The Morgan fingerprint density at radius 2 is 1.85 bits per heavy atom. The van der Waals surface area contributed by atoms with E-state index in [1.54, 1.807) is 27.3 Å². The first-order chi connectivity index (χ1) is 15.9. The first-order valence-electron chi connectivity index (χ1n) is 10.7. The van der Waals surface area contributed by atoms with E-state index >= 15 is 0 Å². The molecular formula is C24H23BN4O4. The topological polar surface area (TPSA) is 96.5 Å². The molecule has 0 saturated heterocycles. The van der Waals surface area contributed by atoms with E-state index in [1.165, 1.54) is 0 Å². The molecule has 1 aromatic heterocycles. The van der Waals surface area contributed by atoms with Gasteiger partial charge in [0.1, 0.15) is 40.0 Å². The third-order valence-corrected chi connectivity index (χ3v) is 6.43. The Balaban J connectivity index is 1.76. The Hall–Kier alpha value is -3.75. The molecule has 33 heavy (non-hydrogen) atoms. The predicted molar refractivity (Wildman–Crippen MR) is 126 cm³/mol. The van der Waals surface area contributed by atoms with Crippen molar-refractivity contribution in [2.24, 2.45) is 0 Å². The van der Waals surface area contributed by atoms with Crippen molar-refractivity contribution in [3.05, 3.63) is 54.1 Å². The van der Waals surface area contributed by atoms with Gasteiger partial charge in [-0.3, -0.25) is 4.79 Å². The summed E-state index contributed by atoms with van der Waals surface area (Å²) in [7, 11) is 11.0. The monoisotopic (exact) mass is 442 g/mol. The minimum atomic E-state index is -1.17. The van der Waals surface area contributed by atoms with Gasteiger partial charge in [0.15, 0.2) is 5.78 Å². The largest absolute Gasteiger partial charge is 0.497 e. The van der Waals surface area contributed by atoms with Gasteiger partial charge >= 0.3 is 0 Å². The van der Waals surface area contributed by atoms with Crippen molar-refractivity contribution in [2.45, 2.75) is 24.2 Å². The molecule has 1 saturated carbocycles. The molecule has 5 rings (SSSR count). The smallest absolute Gasteiger partial charge is 0.196 e. The summed E-state index contributed by atoms with van der Waals surface area (Å²) in [5.74, 6) is 1.03. The Morgan fingerprint density at radius 3 is 2.42 bits per heavy atom. The lowest BCUT2D eigenvalue weighted by Crippen LogP contribution is -2.49. The molecule has 1 aliphatic carbocycles. The van der Waals surface area contributed by atoms with Crippen LogP contribution in [0.5, 0.6) is 11.5 Å². The highest BCUT2D eigenvalue weighted by Crippen LogP contribution is 2.51. The summed E-state index contributed by atoms with van der Waals surface area (Å²) in [6.45, 7) is 0. The van der Waals surface area contributed by atoms with E-state index in [-0.39, 0.29) is 24.4 Å². The standard InChI is InChI=1S/C24H23BN4O4/c1-26-23-20(22-27-17-6-4-5-7-18(17)28-22)21(31)24(11-16(25)19(30)12-24)29(23)13-8-14(32-2)10-15(9-13)33-3/h4-10,16,26H,11-12H2,1-3H3,(H,27,28). The summed E-state index contributed by atoms with van der Waals surface area (Å²) in [6, 6.07) is 12.9. The van der Waals surface area contributed by atoms with E-state index in [1.807, 2.05) is 41.3 Å². The van der Waals surface area contributed by atoms with E-state index in [0.717, 1.165) is 11.0 Å². The molecule has 0 amide bonds. The van der Waals surface area contributed by atoms with Crippen LogP contribution in [-0.2, 0) is 9.59 Å². The maximum atomic E-state index is 14.1. The molecular weight excluding hydrogens is 419 g/mol. The Labute approximate surface area is 192 Å². The van der Waals surface area contributed by atoms with Crippen LogP contribution in [0, 0.1) is 0 Å². The first-order valence-corrected chi connectivity index (χ1v) is 10.7. The number of carbonyl (C=O) groups excluding carboxylic acids is 2. The molecule has 2 heterocycles. The molecule has 0 bridgehead atoms. The summed E-state index contributed by atoms with van der Waals surface area (Å²) >= 11 is 0. The van der Waals surface area contributed by atoms with Gasteiger partial charge in [0.2, 0.25) is 0 Å². The lowest BCUT2D eigenvalue weighted by Gasteiger charge is -2.37. The number of methoxy groups -OCH3 is 2. The fraction of sp³-hybridized carbons (Fsp3) is 0.292. The molecule has 2 aromatic carbocycles. The lowest BCUT2D eigenvalue weighted by molar-refractivity contribution is -0.121. The Morgan fingerprint density at radius 1 is 1.15 bits per heavy atom. The number of aromatic amines is 1. The van der Waals surface area contributed by atoms with Gasteiger partial charge in [-0.15, -0.1) is 0 Å². The van der Waals surface area contributed by atoms with Crippen LogP contribution in [0.3, 0.4) is 0 Å². The molecule has 2 aliphatic rings. The second kappa shape index (κ2) is 7.69. The fourth-order valence-electron chi connectivity index (χ4n) is 4.91. The number of aromatic nitrogens is 2. The highest BCUT2D eigenvalue weighted by atomic mass is 16.5. The van der Waals surface area contributed by atoms with Gasteiger partial charge in [-0.25, -0.2) is 4.98 Å². The summed E-state index contributed by atoms with van der Waals surface area (Å²) in [5, 5.41) is 3.18. The minimum Gasteiger partial charge on any atom is -0.497 e. The number of imidazole rings is 1. The average Bonchev–Trinajstić information content (AvgIpc) is 3.45. The van der Waals surface area contributed by atoms with Crippen molar-refractivity contribution in [3.8, 4) is 11.5 Å². The van der Waals surface area contributed by atoms with Gasteiger partial charge in [-0.2, -0.15) is 0 Å². The van der Waals surface area contributed by atoms with E-state index in [9.17, 15) is 9.59 Å². The molecule has 2 radical (unpaired) electrons. The van der Waals surface area contributed by atoms with Crippen molar-refractivity contribution in [1.29, 1.82) is 0 Å². The number of para-hydroxylation sites is 2. The van der Waals surface area contributed by atoms with Crippen molar-refractivity contribution in [2.75, 3.05) is 26.2 Å². The van der Waals surface area contributed by atoms with Gasteiger partial charge in [0.25, 0.3) is 0 Å². The van der Waals surface area contributed by atoms with Crippen molar-refractivity contribution >= 4 is 41.7 Å². The summed E-state index contributed by atoms with van der Waals surface area (Å²) in [4.78, 5) is 36.5. The van der Waals surface area contributed by atoms with Crippen LogP contribution in [0.4, 0.5) is 5.69 Å². The summed E-state index contributed by atoms with van der Waals surface area (Å²) in [5.41, 5.74) is 1.44. The SMILES string of the molecule is [B]C1CC2(CC1=O)C(=O)C(c1nc3ccccc3[nH]1)=C(NC)N2c1cc(OC)cc(OC)c1. The highest BCUT2D eigenvalue weighted by Gasteiger charge is 2.59. The molecule has 2 unspecified atom stereocenters. The Bertz CT molecular complexity index is 1260. The van der Waals surface area contributed by atoms with Crippen LogP contribution >= 0.6 is 0 Å². The van der Waals surface area contributed by atoms with Crippen molar-refractivity contribution in [3.63, 3.8) is 0 Å². The number of anilines is 1. The van der Waals surface area contributed by atoms with Crippen LogP contribution in [-0.4, -0.2) is 56.2 Å². The van der Waals surface area contributed by atoms with Crippen LogP contribution in [0.1, 0.15) is 18.7 Å². The number of ether oxygens (including phenoxy) is 2. The first kappa shape index (κ1) is 21.1. The molecule has 9 heteroatoms. The zero-order valence-electron chi connectivity index (χ0n) is 18.6. The number of rotatable bonds is 5. The molecule has 2 atom stereocenters. The van der Waals surface area contributed by atoms with E-state index in [2.05, 4.69) is 15.3 Å². The van der Waals surface area contributed by atoms with Crippen molar-refractivity contribution < 1.29 is 19.1 Å². The fourth-order valence-corrected chi connectivity index (χ4v) is 4.91. The summed E-state index contributed by atoms with van der Waals surface area (Å²) < 4.78 is 10.9. The number of hydrogen-bond acceptors (Lipinski definition) is 7. The van der Waals surface area contributed by atoms with E-state index < -0.39 is 11.4 Å².